The SMILES string of the molecule is Cc1cc(Cc2ccc(O)c(C(C)(C)C)c2)cc(C(C)(C)C)c1O. The van der Waals surface area contributed by atoms with Crippen LogP contribution >= 0.6 is 0 Å². The fourth-order valence-corrected chi connectivity index (χ4v) is 3.06. The third-order valence-electron chi connectivity index (χ3n) is 4.45. The molecule has 0 unspecified atom stereocenters. The van der Waals surface area contributed by atoms with Crippen LogP contribution in [0.25, 0.3) is 0 Å². The number of hydrogen-bond donors (Lipinski definition) is 2. The number of rotatable bonds is 2. The minimum atomic E-state index is -0.101. The summed E-state index contributed by atoms with van der Waals surface area (Å²) in [7, 11) is 0. The van der Waals surface area contributed by atoms with Crippen LogP contribution in [-0.2, 0) is 17.3 Å². The Bertz CT molecular complexity index is 744. The molecule has 0 radical (unpaired) electrons. The van der Waals surface area contributed by atoms with Gasteiger partial charge in [0.25, 0.3) is 0 Å². The lowest BCUT2D eigenvalue weighted by atomic mass is 9.82. The molecule has 0 aliphatic heterocycles. The first kappa shape index (κ1) is 18.4. The van der Waals surface area contributed by atoms with E-state index < -0.39 is 0 Å². The van der Waals surface area contributed by atoms with Crippen molar-refractivity contribution in [3.63, 3.8) is 0 Å². The highest BCUT2D eigenvalue weighted by Gasteiger charge is 2.21. The molecule has 0 aliphatic carbocycles. The maximum absolute atomic E-state index is 10.4. The van der Waals surface area contributed by atoms with Gasteiger partial charge in [0.2, 0.25) is 0 Å². The molecule has 2 aromatic carbocycles. The van der Waals surface area contributed by atoms with Gasteiger partial charge in [0, 0.05) is 0 Å². The number of benzene rings is 2. The summed E-state index contributed by atoms with van der Waals surface area (Å²) in [6.07, 6.45) is 0.785. The number of hydrogen-bond acceptors (Lipinski definition) is 2. The first-order valence-electron chi connectivity index (χ1n) is 8.55. The second-order valence-corrected chi connectivity index (χ2v) is 8.84. The van der Waals surface area contributed by atoms with Crippen LogP contribution in [0.2, 0.25) is 0 Å². The van der Waals surface area contributed by atoms with E-state index in [1.807, 2.05) is 19.1 Å². The van der Waals surface area contributed by atoms with E-state index in [-0.39, 0.29) is 10.8 Å². The monoisotopic (exact) mass is 326 g/mol. The van der Waals surface area contributed by atoms with Crippen molar-refractivity contribution in [2.24, 2.45) is 0 Å². The smallest absolute Gasteiger partial charge is 0.122 e. The number of aryl methyl sites for hydroxylation is 1. The highest BCUT2D eigenvalue weighted by molar-refractivity contribution is 5.48. The summed E-state index contributed by atoms with van der Waals surface area (Å²) >= 11 is 0. The van der Waals surface area contributed by atoms with Gasteiger partial charge in [-0.25, -0.2) is 0 Å². The van der Waals surface area contributed by atoms with Crippen LogP contribution in [0.4, 0.5) is 0 Å². The van der Waals surface area contributed by atoms with Crippen LogP contribution in [0, 0.1) is 6.92 Å². The van der Waals surface area contributed by atoms with Crippen LogP contribution in [0.1, 0.15) is 69.4 Å². The molecule has 0 fully saturated rings. The maximum atomic E-state index is 10.4. The van der Waals surface area contributed by atoms with Crippen molar-refractivity contribution in [2.75, 3.05) is 0 Å². The second kappa shape index (κ2) is 6.16. The van der Waals surface area contributed by atoms with Gasteiger partial charge < -0.3 is 10.2 Å². The molecule has 2 rings (SSSR count). The molecule has 2 nitrogen and oxygen atoms in total. The lowest BCUT2D eigenvalue weighted by molar-refractivity contribution is 0.442. The lowest BCUT2D eigenvalue weighted by Crippen LogP contribution is -2.13. The molecule has 0 amide bonds. The summed E-state index contributed by atoms with van der Waals surface area (Å²) < 4.78 is 0. The molecule has 0 saturated heterocycles. The van der Waals surface area contributed by atoms with E-state index in [1.165, 1.54) is 11.1 Å². The third kappa shape index (κ3) is 3.92. The minimum absolute atomic E-state index is 0.0957. The lowest BCUT2D eigenvalue weighted by Gasteiger charge is -2.23. The third-order valence-corrected chi connectivity index (χ3v) is 4.45. The van der Waals surface area contributed by atoms with Crippen LogP contribution in [0.5, 0.6) is 11.5 Å². The van der Waals surface area contributed by atoms with Crippen LogP contribution < -0.4 is 0 Å². The molecule has 130 valence electrons. The van der Waals surface area contributed by atoms with E-state index in [0.717, 1.165) is 23.1 Å². The number of phenolic OH excluding ortho intramolecular Hbond substituents is 2. The van der Waals surface area contributed by atoms with Gasteiger partial charge in [-0.15, -0.1) is 0 Å². The standard InChI is InChI=1S/C22H30O2/c1-14-10-16(13-18(20(14)24)22(5,6)7)11-15-8-9-19(23)17(12-15)21(2,3)4/h8-10,12-13,23-24H,11H2,1-7H3. The van der Waals surface area contributed by atoms with Crippen molar-refractivity contribution in [3.8, 4) is 11.5 Å². The molecule has 0 spiro atoms. The topological polar surface area (TPSA) is 40.5 Å². The van der Waals surface area contributed by atoms with Crippen molar-refractivity contribution in [1.82, 2.24) is 0 Å². The van der Waals surface area contributed by atoms with Crippen molar-refractivity contribution in [3.05, 3.63) is 58.1 Å². The molecule has 0 aromatic heterocycles. The summed E-state index contributed by atoms with van der Waals surface area (Å²) in [5.74, 6) is 0.746. The maximum Gasteiger partial charge on any atom is 0.122 e. The van der Waals surface area contributed by atoms with Gasteiger partial charge in [-0.05, 0) is 58.1 Å². The zero-order chi connectivity index (χ0) is 18.3. The Hall–Kier alpha value is -1.96. The zero-order valence-corrected chi connectivity index (χ0v) is 16.0. The molecular formula is C22H30O2. The minimum Gasteiger partial charge on any atom is -0.508 e. The van der Waals surface area contributed by atoms with E-state index in [1.54, 1.807) is 6.07 Å². The van der Waals surface area contributed by atoms with Gasteiger partial charge in [0.05, 0.1) is 0 Å². The molecule has 0 heterocycles. The molecule has 2 aromatic rings. The Balaban J connectivity index is 2.44. The summed E-state index contributed by atoms with van der Waals surface area (Å²) in [6, 6.07) is 10.0. The fourth-order valence-electron chi connectivity index (χ4n) is 3.06. The van der Waals surface area contributed by atoms with E-state index in [0.29, 0.717) is 11.5 Å². The van der Waals surface area contributed by atoms with E-state index in [9.17, 15) is 10.2 Å². The normalized spacial score (nSPS) is 12.5. The van der Waals surface area contributed by atoms with Crippen molar-refractivity contribution in [2.45, 2.75) is 65.7 Å². The quantitative estimate of drug-likeness (QED) is 0.755. The van der Waals surface area contributed by atoms with Gasteiger partial charge in [0.15, 0.2) is 0 Å². The number of aromatic hydroxyl groups is 2. The predicted octanol–water partition coefficient (Wildman–Crippen LogP) is 5.59. The average Bonchev–Trinajstić information content (AvgIpc) is 2.42. The molecule has 0 aliphatic rings. The van der Waals surface area contributed by atoms with Crippen LogP contribution in [0.3, 0.4) is 0 Å². The Labute approximate surface area is 146 Å². The van der Waals surface area contributed by atoms with Gasteiger partial charge in [-0.2, -0.15) is 0 Å². The summed E-state index contributed by atoms with van der Waals surface area (Å²) in [5, 5.41) is 20.5. The van der Waals surface area contributed by atoms with Gasteiger partial charge >= 0.3 is 0 Å². The van der Waals surface area contributed by atoms with Gasteiger partial charge in [-0.3, -0.25) is 0 Å². The number of phenols is 2. The van der Waals surface area contributed by atoms with Crippen LogP contribution in [-0.4, -0.2) is 10.2 Å². The second-order valence-electron chi connectivity index (χ2n) is 8.84. The highest BCUT2D eigenvalue weighted by Crippen LogP contribution is 2.35. The largest absolute Gasteiger partial charge is 0.508 e. The zero-order valence-electron chi connectivity index (χ0n) is 16.0. The summed E-state index contributed by atoms with van der Waals surface area (Å²) in [5.41, 5.74) is 5.01. The predicted molar refractivity (Wildman–Crippen MR) is 101 cm³/mol. The Morgan fingerprint density at radius 2 is 1.29 bits per heavy atom. The van der Waals surface area contributed by atoms with E-state index >= 15 is 0 Å². The molecule has 0 bridgehead atoms. The van der Waals surface area contributed by atoms with Gasteiger partial charge in [-0.1, -0.05) is 65.8 Å². The average molecular weight is 326 g/mol. The van der Waals surface area contributed by atoms with E-state index in [4.69, 9.17) is 0 Å². The summed E-state index contributed by atoms with van der Waals surface area (Å²) in [6.45, 7) is 14.6. The summed E-state index contributed by atoms with van der Waals surface area (Å²) in [4.78, 5) is 0. The molecule has 0 atom stereocenters. The first-order valence-corrected chi connectivity index (χ1v) is 8.55. The van der Waals surface area contributed by atoms with Crippen molar-refractivity contribution in [1.29, 1.82) is 0 Å². The molecule has 2 heteroatoms. The first-order chi connectivity index (χ1) is 10.9. The Kier molecular flexibility index (Phi) is 4.72. The molecule has 2 N–H and O–H groups in total. The molecule has 24 heavy (non-hydrogen) atoms. The van der Waals surface area contributed by atoms with Crippen LogP contribution in [0.15, 0.2) is 30.3 Å². The van der Waals surface area contributed by atoms with E-state index in [2.05, 4.69) is 53.7 Å². The Morgan fingerprint density at radius 1 is 0.750 bits per heavy atom. The Morgan fingerprint density at radius 3 is 1.83 bits per heavy atom. The molecule has 0 saturated carbocycles. The highest BCUT2D eigenvalue weighted by atomic mass is 16.3. The fraction of sp³-hybridized carbons (Fsp3) is 0.455. The van der Waals surface area contributed by atoms with Crippen molar-refractivity contribution < 1.29 is 10.2 Å². The van der Waals surface area contributed by atoms with Gasteiger partial charge in [0.1, 0.15) is 11.5 Å². The molecular weight excluding hydrogens is 296 g/mol. The van der Waals surface area contributed by atoms with Crippen molar-refractivity contribution >= 4 is 0 Å².